The molecule has 0 bridgehead atoms. The Hall–Kier alpha value is -3.37. The SMILES string of the molecule is CCCCc1ncc(CNC[C@H](O)[C@@H](Cc2cc(F)cc(F)c2)C2(C(N)=O)C=C(C)C=C(C(=O)N(CCC)CCC)C2)[nH]1. The molecule has 3 rings (SSSR count). The minimum absolute atomic E-state index is 0.0245. The quantitative estimate of drug-likeness (QED) is 0.209. The summed E-state index contributed by atoms with van der Waals surface area (Å²) in [7, 11) is 0. The van der Waals surface area contributed by atoms with Crippen molar-refractivity contribution in [2.45, 2.75) is 85.3 Å². The summed E-state index contributed by atoms with van der Waals surface area (Å²) in [5.74, 6) is -2.40. The number of benzene rings is 1. The number of nitrogens with zero attached hydrogens (tertiary/aromatic N) is 2. The number of carbonyl (C=O) groups excluding carboxylic acids is 2. The molecular formula is C33H47F2N5O3. The maximum absolute atomic E-state index is 14.2. The third-order valence-electron chi connectivity index (χ3n) is 8.00. The van der Waals surface area contributed by atoms with Gasteiger partial charge in [0.25, 0.3) is 0 Å². The van der Waals surface area contributed by atoms with Gasteiger partial charge in [-0.2, -0.15) is 0 Å². The smallest absolute Gasteiger partial charge is 0.249 e. The number of primary amides is 1. The Morgan fingerprint density at radius 1 is 1.14 bits per heavy atom. The number of nitrogens with two attached hydrogens (primary N) is 1. The lowest BCUT2D eigenvalue weighted by molar-refractivity contribution is -0.132. The highest BCUT2D eigenvalue weighted by Crippen LogP contribution is 2.44. The lowest BCUT2D eigenvalue weighted by atomic mass is 9.63. The zero-order valence-electron chi connectivity index (χ0n) is 25.9. The maximum atomic E-state index is 14.2. The fraction of sp³-hybridized carbons (Fsp3) is 0.545. The van der Waals surface area contributed by atoms with Crippen LogP contribution in [0.1, 0.15) is 76.9 Å². The fourth-order valence-electron chi connectivity index (χ4n) is 6.02. The number of amides is 2. The standard InChI is InChI=1S/C33H47F2N5O3/c1-5-8-9-30-38-20-27(39-30)19-37-21-29(41)28(15-23-13-25(34)16-26(35)14-23)33(32(36)43)17-22(4)12-24(18-33)31(42)40(10-6-2)11-7-3/h12-14,16-17,20,28-29,37,41H,5-11,15,18-19,21H2,1-4H3,(H2,36,43)(H,38,39)/t28-,29+,33?/m1/s1. The van der Waals surface area contributed by atoms with Gasteiger partial charge < -0.3 is 26.0 Å². The van der Waals surface area contributed by atoms with E-state index in [9.17, 15) is 23.5 Å². The average molecular weight is 600 g/mol. The lowest BCUT2D eigenvalue weighted by Gasteiger charge is -2.42. The van der Waals surface area contributed by atoms with Crippen LogP contribution in [0.2, 0.25) is 0 Å². The Morgan fingerprint density at radius 3 is 2.42 bits per heavy atom. The number of H-pyrrole nitrogens is 1. The third kappa shape index (κ3) is 9.06. The molecule has 0 fully saturated rings. The van der Waals surface area contributed by atoms with Crippen molar-refractivity contribution in [3.8, 4) is 0 Å². The van der Waals surface area contributed by atoms with Gasteiger partial charge >= 0.3 is 0 Å². The van der Waals surface area contributed by atoms with Crippen molar-refractivity contribution < 1.29 is 23.5 Å². The number of carbonyl (C=O) groups is 2. The van der Waals surface area contributed by atoms with Gasteiger partial charge in [-0.25, -0.2) is 13.8 Å². The van der Waals surface area contributed by atoms with Crippen LogP contribution in [-0.4, -0.2) is 57.5 Å². The van der Waals surface area contributed by atoms with Gasteiger partial charge in [0.2, 0.25) is 11.8 Å². The zero-order valence-corrected chi connectivity index (χ0v) is 25.9. The molecule has 2 amide bonds. The van der Waals surface area contributed by atoms with E-state index in [1.54, 1.807) is 30.2 Å². The van der Waals surface area contributed by atoms with Crippen LogP contribution in [0.5, 0.6) is 0 Å². The molecule has 1 aliphatic carbocycles. The van der Waals surface area contributed by atoms with E-state index in [0.29, 0.717) is 30.8 Å². The average Bonchev–Trinajstić information content (AvgIpc) is 3.40. The Bertz CT molecular complexity index is 1280. The number of allylic oxidation sites excluding steroid dienone is 2. The van der Waals surface area contributed by atoms with Gasteiger partial charge in [-0.3, -0.25) is 9.59 Å². The number of aliphatic hydroxyl groups excluding tert-OH is 1. The second kappa shape index (κ2) is 15.9. The van der Waals surface area contributed by atoms with Gasteiger partial charge in [0.05, 0.1) is 11.5 Å². The van der Waals surface area contributed by atoms with Gasteiger partial charge in [-0.1, -0.05) is 44.9 Å². The molecule has 0 spiro atoms. The molecule has 236 valence electrons. The summed E-state index contributed by atoms with van der Waals surface area (Å²) in [4.78, 5) is 36.5. The summed E-state index contributed by atoms with van der Waals surface area (Å²) in [5.41, 5.74) is 6.85. The molecule has 43 heavy (non-hydrogen) atoms. The number of nitrogens with one attached hydrogen (secondary N) is 2. The minimum atomic E-state index is -1.47. The van der Waals surface area contributed by atoms with Crippen LogP contribution in [0.15, 0.2) is 47.7 Å². The van der Waals surface area contributed by atoms with Crippen molar-refractivity contribution in [1.29, 1.82) is 0 Å². The molecule has 1 aliphatic rings. The third-order valence-corrected chi connectivity index (χ3v) is 8.00. The van der Waals surface area contributed by atoms with Gasteiger partial charge in [0.15, 0.2) is 0 Å². The van der Waals surface area contributed by atoms with Crippen molar-refractivity contribution in [3.05, 3.63) is 76.4 Å². The molecule has 1 aromatic heterocycles. The largest absolute Gasteiger partial charge is 0.391 e. The second-order valence-electron chi connectivity index (χ2n) is 11.7. The molecule has 10 heteroatoms. The molecule has 1 aromatic carbocycles. The van der Waals surface area contributed by atoms with E-state index in [0.717, 1.165) is 49.7 Å². The van der Waals surface area contributed by atoms with E-state index in [1.165, 1.54) is 12.1 Å². The van der Waals surface area contributed by atoms with Gasteiger partial charge in [-0.05, 0) is 56.7 Å². The summed E-state index contributed by atoms with van der Waals surface area (Å²) in [6.45, 7) is 9.50. The Balaban J connectivity index is 1.93. The van der Waals surface area contributed by atoms with E-state index in [2.05, 4.69) is 22.2 Å². The van der Waals surface area contributed by atoms with Crippen LogP contribution in [0.4, 0.5) is 8.78 Å². The molecule has 0 saturated carbocycles. The van der Waals surface area contributed by atoms with Crippen molar-refractivity contribution >= 4 is 11.8 Å². The number of unbranched alkanes of at least 4 members (excludes halogenated alkanes) is 1. The lowest BCUT2D eigenvalue weighted by Crippen LogP contribution is -2.51. The summed E-state index contributed by atoms with van der Waals surface area (Å²) >= 11 is 0. The first-order valence-electron chi connectivity index (χ1n) is 15.4. The van der Waals surface area contributed by atoms with Gasteiger partial charge in [0.1, 0.15) is 17.5 Å². The number of aryl methyl sites for hydroxylation is 1. The predicted molar refractivity (Wildman–Crippen MR) is 164 cm³/mol. The number of aromatic amines is 1. The Kier molecular flexibility index (Phi) is 12.6. The van der Waals surface area contributed by atoms with Crippen LogP contribution >= 0.6 is 0 Å². The van der Waals surface area contributed by atoms with E-state index in [4.69, 9.17) is 5.73 Å². The first-order chi connectivity index (χ1) is 20.5. The number of imidazole rings is 1. The van der Waals surface area contributed by atoms with Crippen molar-refractivity contribution in [2.24, 2.45) is 17.1 Å². The van der Waals surface area contributed by atoms with Crippen molar-refractivity contribution in [1.82, 2.24) is 20.2 Å². The fourth-order valence-corrected chi connectivity index (χ4v) is 6.02. The highest BCUT2D eigenvalue weighted by molar-refractivity contribution is 5.96. The van der Waals surface area contributed by atoms with E-state index in [-0.39, 0.29) is 30.9 Å². The summed E-state index contributed by atoms with van der Waals surface area (Å²) in [5, 5.41) is 14.9. The summed E-state index contributed by atoms with van der Waals surface area (Å²) in [6.07, 6.45) is 8.50. The predicted octanol–water partition coefficient (Wildman–Crippen LogP) is 4.74. The number of hydrogen-bond acceptors (Lipinski definition) is 5. The topological polar surface area (TPSA) is 124 Å². The number of halogens is 2. The van der Waals surface area contributed by atoms with Crippen molar-refractivity contribution in [3.63, 3.8) is 0 Å². The maximum Gasteiger partial charge on any atom is 0.249 e. The molecule has 0 aliphatic heterocycles. The molecule has 1 unspecified atom stereocenters. The summed E-state index contributed by atoms with van der Waals surface area (Å²) < 4.78 is 28.4. The highest BCUT2D eigenvalue weighted by Gasteiger charge is 2.48. The van der Waals surface area contributed by atoms with Crippen LogP contribution in [0.25, 0.3) is 0 Å². The van der Waals surface area contributed by atoms with Crippen LogP contribution in [0.3, 0.4) is 0 Å². The normalized spacial score (nSPS) is 18.1. The molecular weight excluding hydrogens is 552 g/mol. The van der Waals surface area contributed by atoms with E-state index in [1.807, 2.05) is 13.8 Å². The molecule has 5 N–H and O–H groups in total. The monoisotopic (exact) mass is 599 g/mol. The first-order valence-corrected chi connectivity index (χ1v) is 15.4. The summed E-state index contributed by atoms with van der Waals surface area (Å²) in [6, 6.07) is 3.16. The Labute approximate surface area is 253 Å². The van der Waals surface area contributed by atoms with Crippen molar-refractivity contribution in [2.75, 3.05) is 19.6 Å². The molecule has 0 radical (unpaired) electrons. The number of hydrogen-bond donors (Lipinski definition) is 4. The molecule has 8 nitrogen and oxygen atoms in total. The van der Waals surface area contributed by atoms with Crippen LogP contribution in [-0.2, 0) is 29.0 Å². The molecule has 0 saturated heterocycles. The second-order valence-corrected chi connectivity index (χ2v) is 11.7. The van der Waals surface area contributed by atoms with Gasteiger partial charge in [-0.15, -0.1) is 0 Å². The number of aromatic nitrogens is 2. The number of aliphatic hydroxyl groups is 1. The molecule has 1 heterocycles. The van der Waals surface area contributed by atoms with Gasteiger partial charge in [0, 0.05) is 62.0 Å². The molecule has 2 aromatic rings. The number of rotatable bonds is 17. The highest BCUT2D eigenvalue weighted by atomic mass is 19.1. The van der Waals surface area contributed by atoms with Crippen LogP contribution < -0.4 is 11.1 Å². The first kappa shape index (κ1) is 34.1. The van der Waals surface area contributed by atoms with Crippen LogP contribution in [0, 0.1) is 23.0 Å². The van der Waals surface area contributed by atoms with E-state index < -0.39 is 35.0 Å². The van der Waals surface area contributed by atoms with E-state index >= 15 is 0 Å². The molecule has 3 atom stereocenters. The Morgan fingerprint density at radius 2 is 1.81 bits per heavy atom. The zero-order chi connectivity index (χ0) is 31.6. The minimum Gasteiger partial charge on any atom is -0.391 e.